The Morgan fingerprint density at radius 1 is 1.29 bits per heavy atom. The lowest BCUT2D eigenvalue weighted by molar-refractivity contribution is 0.589. The number of aryl methyl sites for hydroxylation is 1. The Morgan fingerprint density at radius 3 is 2.82 bits per heavy atom. The van der Waals surface area contributed by atoms with Gasteiger partial charge in [0, 0.05) is 28.6 Å². The van der Waals surface area contributed by atoms with Gasteiger partial charge in [-0.15, -0.1) is 11.3 Å². The Balaban J connectivity index is 1.94. The Labute approximate surface area is 109 Å². The topological polar surface area (TPSA) is 12.0 Å². The summed E-state index contributed by atoms with van der Waals surface area (Å²) in [4.78, 5) is 1.28. The van der Waals surface area contributed by atoms with Crippen molar-refractivity contribution in [1.29, 1.82) is 0 Å². The first-order valence-electron chi connectivity index (χ1n) is 5.34. The van der Waals surface area contributed by atoms with E-state index in [1.165, 1.54) is 16.5 Å². The van der Waals surface area contributed by atoms with E-state index in [0.29, 0.717) is 17.1 Å². The third-order valence-corrected chi connectivity index (χ3v) is 3.84. The molecule has 2 aromatic rings. The van der Waals surface area contributed by atoms with Crippen molar-refractivity contribution in [3.05, 3.63) is 56.5 Å². The zero-order chi connectivity index (χ0) is 12.3. The second-order valence-electron chi connectivity index (χ2n) is 3.87. The zero-order valence-electron chi connectivity index (χ0n) is 9.47. The van der Waals surface area contributed by atoms with Crippen molar-refractivity contribution < 1.29 is 4.39 Å². The molecule has 1 aromatic heterocycles. The lowest BCUT2D eigenvalue weighted by Crippen LogP contribution is -2.13. The van der Waals surface area contributed by atoms with E-state index in [-0.39, 0.29) is 5.82 Å². The Bertz CT molecular complexity index is 510. The van der Waals surface area contributed by atoms with E-state index < -0.39 is 0 Å². The van der Waals surface area contributed by atoms with Gasteiger partial charge in [0.2, 0.25) is 0 Å². The molecule has 17 heavy (non-hydrogen) atoms. The van der Waals surface area contributed by atoms with Crippen LogP contribution in [0, 0.1) is 12.7 Å². The van der Waals surface area contributed by atoms with Crippen LogP contribution in [0.4, 0.5) is 4.39 Å². The van der Waals surface area contributed by atoms with Crippen LogP contribution >= 0.6 is 22.9 Å². The van der Waals surface area contributed by atoms with Gasteiger partial charge in [-0.25, -0.2) is 4.39 Å². The molecule has 0 atom stereocenters. The molecule has 90 valence electrons. The van der Waals surface area contributed by atoms with E-state index in [0.717, 1.165) is 6.54 Å². The van der Waals surface area contributed by atoms with E-state index in [1.807, 2.05) is 0 Å². The minimum atomic E-state index is -0.218. The van der Waals surface area contributed by atoms with E-state index in [1.54, 1.807) is 23.5 Å². The summed E-state index contributed by atoms with van der Waals surface area (Å²) in [6.45, 7) is 3.33. The summed E-state index contributed by atoms with van der Waals surface area (Å²) >= 11 is 7.54. The van der Waals surface area contributed by atoms with Gasteiger partial charge in [-0.1, -0.05) is 11.6 Å². The Hall–Kier alpha value is -0.900. The van der Waals surface area contributed by atoms with Crippen molar-refractivity contribution in [3.8, 4) is 0 Å². The minimum absolute atomic E-state index is 0.218. The third-order valence-electron chi connectivity index (χ3n) is 2.58. The van der Waals surface area contributed by atoms with Crippen molar-refractivity contribution >= 4 is 22.9 Å². The van der Waals surface area contributed by atoms with Crippen LogP contribution in [0.2, 0.25) is 5.02 Å². The van der Waals surface area contributed by atoms with Gasteiger partial charge in [0.25, 0.3) is 0 Å². The summed E-state index contributed by atoms with van der Waals surface area (Å²) in [5, 5.41) is 5.85. The molecule has 0 saturated heterocycles. The molecule has 1 aromatic carbocycles. The van der Waals surface area contributed by atoms with Gasteiger partial charge in [0.05, 0.1) is 0 Å². The number of thiophene rings is 1. The number of benzene rings is 1. The van der Waals surface area contributed by atoms with Crippen molar-refractivity contribution in [2.75, 3.05) is 0 Å². The number of halogens is 2. The second-order valence-corrected chi connectivity index (χ2v) is 5.30. The molecule has 1 N–H and O–H groups in total. The summed E-state index contributed by atoms with van der Waals surface area (Å²) in [6, 6.07) is 6.70. The molecule has 0 spiro atoms. The molecule has 1 nitrogen and oxygen atoms in total. The molecule has 1 heterocycles. The predicted octanol–water partition coefficient (Wildman–Crippen LogP) is 4.14. The Morgan fingerprint density at radius 2 is 2.12 bits per heavy atom. The third kappa shape index (κ3) is 3.28. The number of rotatable bonds is 4. The molecule has 0 unspecified atom stereocenters. The smallest absolute Gasteiger partial charge is 0.127 e. The van der Waals surface area contributed by atoms with E-state index >= 15 is 0 Å². The lowest BCUT2D eigenvalue weighted by atomic mass is 10.2. The molecular formula is C13H13ClFNS. The number of hydrogen-bond donors (Lipinski definition) is 1. The largest absolute Gasteiger partial charge is 0.308 e. The fourth-order valence-electron chi connectivity index (χ4n) is 1.57. The molecule has 0 aliphatic rings. The highest BCUT2D eigenvalue weighted by Gasteiger charge is 2.04. The SMILES string of the molecule is Cc1ccsc1CNCc1cc(Cl)ccc1F. The summed E-state index contributed by atoms with van der Waals surface area (Å²) in [7, 11) is 0. The highest BCUT2D eigenvalue weighted by molar-refractivity contribution is 7.10. The van der Waals surface area contributed by atoms with Gasteiger partial charge in [-0.2, -0.15) is 0 Å². The van der Waals surface area contributed by atoms with Crippen LogP contribution in [-0.2, 0) is 13.1 Å². The summed E-state index contributed by atoms with van der Waals surface area (Å²) < 4.78 is 13.4. The van der Waals surface area contributed by atoms with Crippen LogP contribution in [0.25, 0.3) is 0 Å². The molecule has 0 aliphatic carbocycles. The van der Waals surface area contributed by atoms with E-state index in [2.05, 4.69) is 23.7 Å². The fourth-order valence-corrected chi connectivity index (χ4v) is 2.65. The first-order valence-corrected chi connectivity index (χ1v) is 6.60. The maximum Gasteiger partial charge on any atom is 0.127 e. The maximum atomic E-state index is 13.4. The molecule has 0 saturated carbocycles. The van der Waals surface area contributed by atoms with Gasteiger partial charge < -0.3 is 5.32 Å². The lowest BCUT2D eigenvalue weighted by Gasteiger charge is -2.06. The average Bonchev–Trinajstić information content (AvgIpc) is 2.70. The molecule has 0 aliphatic heterocycles. The standard InChI is InChI=1S/C13H13ClFNS/c1-9-4-5-17-13(9)8-16-7-10-6-11(14)2-3-12(10)15/h2-6,16H,7-8H2,1H3. The molecule has 0 bridgehead atoms. The van der Waals surface area contributed by atoms with Crippen LogP contribution < -0.4 is 5.32 Å². The van der Waals surface area contributed by atoms with Crippen LogP contribution in [-0.4, -0.2) is 0 Å². The van der Waals surface area contributed by atoms with Crippen molar-refractivity contribution in [1.82, 2.24) is 5.32 Å². The second kappa shape index (κ2) is 5.63. The van der Waals surface area contributed by atoms with Crippen LogP contribution in [0.15, 0.2) is 29.6 Å². The summed E-state index contributed by atoms with van der Waals surface area (Å²) in [5.41, 5.74) is 1.88. The first-order chi connectivity index (χ1) is 8.16. The van der Waals surface area contributed by atoms with Gasteiger partial charge in [-0.3, -0.25) is 0 Å². The normalized spacial score (nSPS) is 10.8. The minimum Gasteiger partial charge on any atom is -0.308 e. The quantitative estimate of drug-likeness (QED) is 0.880. The van der Waals surface area contributed by atoms with Gasteiger partial charge >= 0.3 is 0 Å². The summed E-state index contributed by atoms with van der Waals surface area (Å²) in [6.07, 6.45) is 0. The van der Waals surface area contributed by atoms with Crippen molar-refractivity contribution in [2.45, 2.75) is 20.0 Å². The number of hydrogen-bond acceptors (Lipinski definition) is 2. The number of nitrogens with one attached hydrogen (secondary N) is 1. The summed E-state index contributed by atoms with van der Waals surface area (Å²) in [5.74, 6) is -0.218. The average molecular weight is 270 g/mol. The maximum absolute atomic E-state index is 13.4. The van der Waals surface area contributed by atoms with E-state index in [9.17, 15) is 4.39 Å². The van der Waals surface area contributed by atoms with Gasteiger partial charge in [0.15, 0.2) is 0 Å². The zero-order valence-corrected chi connectivity index (χ0v) is 11.0. The van der Waals surface area contributed by atoms with Crippen LogP contribution in [0.5, 0.6) is 0 Å². The van der Waals surface area contributed by atoms with Crippen LogP contribution in [0.1, 0.15) is 16.0 Å². The molecular weight excluding hydrogens is 257 g/mol. The van der Waals surface area contributed by atoms with Gasteiger partial charge in [-0.05, 0) is 42.1 Å². The molecule has 4 heteroatoms. The Kier molecular flexibility index (Phi) is 4.15. The van der Waals surface area contributed by atoms with E-state index in [4.69, 9.17) is 11.6 Å². The fraction of sp³-hybridized carbons (Fsp3) is 0.231. The first kappa shape index (κ1) is 12.6. The van der Waals surface area contributed by atoms with Gasteiger partial charge in [0.1, 0.15) is 5.82 Å². The molecule has 0 fully saturated rings. The highest BCUT2D eigenvalue weighted by atomic mass is 35.5. The highest BCUT2D eigenvalue weighted by Crippen LogP contribution is 2.17. The molecule has 0 amide bonds. The molecule has 0 radical (unpaired) electrons. The monoisotopic (exact) mass is 269 g/mol. The van der Waals surface area contributed by atoms with Crippen molar-refractivity contribution in [3.63, 3.8) is 0 Å². The molecule has 2 rings (SSSR count). The van der Waals surface area contributed by atoms with Crippen molar-refractivity contribution in [2.24, 2.45) is 0 Å². The van der Waals surface area contributed by atoms with Crippen LogP contribution in [0.3, 0.4) is 0 Å². The predicted molar refractivity (Wildman–Crippen MR) is 71.0 cm³/mol.